The molecule has 1 heterocycles. The molecule has 3 aromatic rings. The second kappa shape index (κ2) is 4.46. The molecule has 2 aromatic carbocycles. The highest BCUT2D eigenvalue weighted by atomic mass is 16.4. The zero-order valence-electron chi connectivity index (χ0n) is 10.3. The van der Waals surface area contributed by atoms with Gasteiger partial charge >= 0.3 is 0 Å². The van der Waals surface area contributed by atoms with E-state index in [1.54, 1.807) is 36.4 Å². The monoisotopic (exact) mass is 260 g/mol. The Morgan fingerprint density at radius 2 is 1.60 bits per heavy atom. The second-order valence-electron chi connectivity index (χ2n) is 4.33. The van der Waals surface area contributed by atoms with Gasteiger partial charge in [0, 0.05) is 17.0 Å². The van der Waals surface area contributed by atoms with Crippen LogP contribution in [0.15, 0.2) is 46.9 Å². The third-order valence-electron chi connectivity index (χ3n) is 3.02. The first-order valence-corrected chi connectivity index (χ1v) is 5.88. The van der Waals surface area contributed by atoms with Gasteiger partial charge in [-0.3, -0.25) is 0 Å². The largest absolute Gasteiger partial charge is 0.504 e. The third kappa shape index (κ3) is 1.86. The number of aromatic hydroxyl groups is 1. The number of benzene rings is 2. The minimum atomic E-state index is -0.0565. The van der Waals surface area contributed by atoms with Crippen molar-refractivity contribution < 1.29 is 9.52 Å². The molecule has 4 heteroatoms. The van der Waals surface area contributed by atoms with E-state index >= 15 is 0 Å². The minimum Gasteiger partial charge on any atom is -0.504 e. The number of phenols is 1. The highest BCUT2D eigenvalue weighted by Crippen LogP contribution is 2.33. The van der Waals surface area contributed by atoms with E-state index in [0.717, 1.165) is 5.56 Å². The molecule has 4 nitrogen and oxygen atoms in total. The SMILES string of the molecule is N#Cc1ccc(-c2cc3cc(C#N)cc(O)c3o2)cc1. The smallest absolute Gasteiger partial charge is 0.176 e. The second-order valence-corrected chi connectivity index (χ2v) is 4.33. The van der Waals surface area contributed by atoms with Crippen molar-refractivity contribution in [3.8, 4) is 29.2 Å². The van der Waals surface area contributed by atoms with E-state index in [9.17, 15) is 5.11 Å². The summed E-state index contributed by atoms with van der Waals surface area (Å²) in [6.07, 6.45) is 0. The van der Waals surface area contributed by atoms with Crippen LogP contribution in [0.4, 0.5) is 0 Å². The molecule has 0 saturated carbocycles. The number of rotatable bonds is 1. The lowest BCUT2D eigenvalue weighted by Crippen LogP contribution is -1.75. The van der Waals surface area contributed by atoms with Crippen LogP contribution in [0.5, 0.6) is 5.75 Å². The number of nitriles is 2. The van der Waals surface area contributed by atoms with Crippen LogP contribution in [0.1, 0.15) is 11.1 Å². The van der Waals surface area contributed by atoms with E-state index in [1.165, 1.54) is 6.07 Å². The van der Waals surface area contributed by atoms with Crippen LogP contribution >= 0.6 is 0 Å². The van der Waals surface area contributed by atoms with Gasteiger partial charge in [0.15, 0.2) is 11.3 Å². The molecule has 0 fully saturated rings. The highest BCUT2D eigenvalue weighted by Gasteiger charge is 2.11. The molecule has 0 aliphatic heterocycles. The van der Waals surface area contributed by atoms with Gasteiger partial charge in [-0.2, -0.15) is 10.5 Å². The van der Waals surface area contributed by atoms with Crippen molar-refractivity contribution in [1.82, 2.24) is 0 Å². The maximum atomic E-state index is 9.84. The van der Waals surface area contributed by atoms with Crippen molar-refractivity contribution in [2.45, 2.75) is 0 Å². The number of hydrogen-bond donors (Lipinski definition) is 1. The fourth-order valence-corrected chi connectivity index (χ4v) is 2.05. The van der Waals surface area contributed by atoms with E-state index in [0.29, 0.717) is 27.9 Å². The first-order chi connectivity index (χ1) is 9.71. The van der Waals surface area contributed by atoms with Crippen LogP contribution in [0, 0.1) is 22.7 Å². The molecule has 0 aliphatic carbocycles. The fraction of sp³-hybridized carbons (Fsp3) is 0. The lowest BCUT2D eigenvalue weighted by Gasteiger charge is -1.96. The van der Waals surface area contributed by atoms with Crippen LogP contribution in [0.25, 0.3) is 22.3 Å². The van der Waals surface area contributed by atoms with E-state index in [1.807, 2.05) is 12.1 Å². The fourth-order valence-electron chi connectivity index (χ4n) is 2.05. The Kier molecular flexibility index (Phi) is 2.64. The maximum absolute atomic E-state index is 9.84. The van der Waals surface area contributed by atoms with Crippen molar-refractivity contribution in [1.29, 1.82) is 10.5 Å². The van der Waals surface area contributed by atoms with E-state index in [4.69, 9.17) is 14.9 Å². The summed E-state index contributed by atoms with van der Waals surface area (Å²) >= 11 is 0. The Bertz CT molecular complexity index is 878. The standard InChI is InChI=1S/C16H8N2O2/c17-8-10-1-3-12(4-2-10)15-7-13-5-11(9-18)6-14(19)16(13)20-15/h1-7,19H. The molecule has 0 unspecified atom stereocenters. The minimum absolute atomic E-state index is 0.0565. The lowest BCUT2D eigenvalue weighted by atomic mass is 10.1. The van der Waals surface area contributed by atoms with Gasteiger partial charge < -0.3 is 9.52 Å². The molecule has 3 rings (SSSR count). The molecule has 94 valence electrons. The predicted octanol–water partition coefficient (Wildman–Crippen LogP) is 3.55. The first kappa shape index (κ1) is 11.8. The van der Waals surface area contributed by atoms with Gasteiger partial charge in [-0.05, 0) is 36.4 Å². The van der Waals surface area contributed by atoms with E-state index in [-0.39, 0.29) is 5.75 Å². The van der Waals surface area contributed by atoms with Gasteiger partial charge in [-0.1, -0.05) is 0 Å². The number of fused-ring (bicyclic) bond motifs is 1. The Labute approximate surface area is 114 Å². The molecular weight excluding hydrogens is 252 g/mol. The average Bonchev–Trinajstić information content (AvgIpc) is 2.92. The van der Waals surface area contributed by atoms with Crippen LogP contribution in [0.3, 0.4) is 0 Å². The van der Waals surface area contributed by atoms with Crippen molar-refractivity contribution in [2.24, 2.45) is 0 Å². The first-order valence-electron chi connectivity index (χ1n) is 5.88. The molecule has 1 aromatic heterocycles. The molecule has 0 amide bonds. The van der Waals surface area contributed by atoms with Gasteiger partial charge in [0.25, 0.3) is 0 Å². The molecule has 0 radical (unpaired) electrons. The number of hydrogen-bond acceptors (Lipinski definition) is 4. The average molecular weight is 260 g/mol. The maximum Gasteiger partial charge on any atom is 0.176 e. The van der Waals surface area contributed by atoms with Gasteiger partial charge in [0.1, 0.15) is 5.76 Å². The summed E-state index contributed by atoms with van der Waals surface area (Å²) in [7, 11) is 0. The third-order valence-corrected chi connectivity index (χ3v) is 3.02. The van der Waals surface area contributed by atoms with E-state index < -0.39 is 0 Å². The van der Waals surface area contributed by atoms with Crippen LogP contribution in [0.2, 0.25) is 0 Å². The van der Waals surface area contributed by atoms with Crippen LogP contribution in [-0.4, -0.2) is 5.11 Å². The van der Waals surface area contributed by atoms with Crippen molar-refractivity contribution >= 4 is 11.0 Å². The van der Waals surface area contributed by atoms with Gasteiger partial charge in [-0.15, -0.1) is 0 Å². The summed E-state index contributed by atoms with van der Waals surface area (Å²) in [6, 6.07) is 15.8. The molecule has 1 N–H and O–H groups in total. The highest BCUT2D eigenvalue weighted by molar-refractivity contribution is 5.88. The summed E-state index contributed by atoms with van der Waals surface area (Å²) in [5.41, 5.74) is 2.10. The topological polar surface area (TPSA) is 81.0 Å². The summed E-state index contributed by atoms with van der Waals surface area (Å²) < 4.78 is 5.62. The molecule has 0 atom stereocenters. The zero-order chi connectivity index (χ0) is 14.1. The molecule has 0 spiro atoms. The lowest BCUT2D eigenvalue weighted by molar-refractivity contribution is 0.466. The van der Waals surface area contributed by atoms with Gasteiger partial charge in [-0.25, -0.2) is 0 Å². The van der Waals surface area contributed by atoms with Gasteiger partial charge in [0.2, 0.25) is 0 Å². The predicted molar refractivity (Wildman–Crippen MR) is 72.7 cm³/mol. The Balaban J connectivity index is 2.15. The van der Waals surface area contributed by atoms with Crippen molar-refractivity contribution in [3.63, 3.8) is 0 Å². The summed E-state index contributed by atoms with van der Waals surface area (Å²) in [6.45, 7) is 0. The quantitative estimate of drug-likeness (QED) is 0.725. The number of furan rings is 1. The Morgan fingerprint density at radius 3 is 2.25 bits per heavy atom. The zero-order valence-corrected chi connectivity index (χ0v) is 10.3. The molecule has 0 saturated heterocycles. The van der Waals surface area contributed by atoms with Crippen LogP contribution in [-0.2, 0) is 0 Å². The number of phenolic OH excluding ortho intramolecular Hbond substituents is 1. The Morgan fingerprint density at radius 1 is 0.900 bits per heavy atom. The Hall–Kier alpha value is -3.24. The van der Waals surface area contributed by atoms with E-state index in [2.05, 4.69) is 0 Å². The normalized spacial score (nSPS) is 10.1. The molecule has 0 aliphatic rings. The van der Waals surface area contributed by atoms with Gasteiger partial charge in [0.05, 0.1) is 23.3 Å². The summed E-state index contributed by atoms with van der Waals surface area (Å²) in [5.74, 6) is 0.522. The summed E-state index contributed by atoms with van der Waals surface area (Å²) in [4.78, 5) is 0. The molecule has 0 bridgehead atoms. The number of nitrogens with zero attached hydrogens (tertiary/aromatic N) is 2. The molecular formula is C16H8N2O2. The molecule has 20 heavy (non-hydrogen) atoms. The summed E-state index contributed by atoms with van der Waals surface area (Å²) in [5, 5.41) is 28.2. The van der Waals surface area contributed by atoms with Crippen molar-refractivity contribution in [2.75, 3.05) is 0 Å². The van der Waals surface area contributed by atoms with Crippen molar-refractivity contribution in [3.05, 3.63) is 53.6 Å². The van der Waals surface area contributed by atoms with Crippen LogP contribution < -0.4 is 0 Å².